The van der Waals surface area contributed by atoms with Crippen LogP contribution in [0.1, 0.15) is 31.2 Å². The summed E-state index contributed by atoms with van der Waals surface area (Å²) in [4.78, 5) is 15.0. The first kappa shape index (κ1) is 16.5. The van der Waals surface area contributed by atoms with Crippen LogP contribution in [0.2, 0.25) is 0 Å². The van der Waals surface area contributed by atoms with Crippen LogP contribution in [0.15, 0.2) is 12.4 Å². The van der Waals surface area contributed by atoms with Crippen LogP contribution in [0.3, 0.4) is 0 Å². The van der Waals surface area contributed by atoms with E-state index in [1.165, 1.54) is 25.9 Å². The van der Waals surface area contributed by atoms with E-state index in [1.807, 2.05) is 19.4 Å². The molecule has 1 amide bonds. The summed E-state index contributed by atoms with van der Waals surface area (Å²) < 4.78 is 1.81. The Balaban J connectivity index is 1.46. The summed E-state index contributed by atoms with van der Waals surface area (Å²) in [6.45, 7) is 7.99. The zero-order chi connectivity index (χ0) is 16.2. The zero-order valence-corrected chi connectivity index (χ0v) is 14.3. The minimum atomic E-state index is 0.0144. The molecular weight excluding hydrogens is 290 g/mol. The Morgan fingerprint density at radius 1 is 1.39 bits per heavy atom. The molecule has 128 valence electrons. The van der Waals surface area contributed by atoms with E-state index < -0.39 is 0 Å². The smallest absolute Gasteiger partial charge is 0.225 e. The Bertz CT molecular complexity index is 521. The molecule has 0 aromatic carbocycles. The summed E-state index contributed by atoms with van der Waals surface area (Å²) in [5, 5.41) is 10.7. The molecular formula is C17H29N5O. The van der Waals surface area contributed by atoms with Crippen LogP contribution in [-0.4, -0.2) is 59.9 Å². The molecule has 2 atom stereocenters. The summed E-state index contributed by atoms with van der Waals surface area (Å²) in [5.74, 6) is 1.28. The molecule has 0 bridgehead atoms. The molecule has 2 aliphatic heterocycles. The van der Waals surface area contributed by atoms with E-state index in [9.17, 15) is 4.79 Å². The number of nitrogens with one attached hydrogen (secondary N) is 2. The monoisotopic (exact) mass is 319 g/mol. The van der Waals surface area contributed by atoms with E-state index in [1.54, 1.807) is 4.68 Å². The van der Waals surface area contributed by atoms with Crippen LogP contribution in [0.4, 0.5) is 0 Å². The van der Waals surface area contributed by atoms with E-state index in [4.69, 9.17) is 0 Å². The second-order valence-electron chi connectivity index (χ2n) is 7.13. The highest BCUT2D eigenvalue weighted by atomic mass is 16.1. The second kappa shape index (κ2) is 7.45. The van der Waals surface area contributed by atoms with Gasteiger partial charge in [0.2, 0.25) is 5.91 Å². The number of piperidine rings is 1. The fourth-order valence-corrected chi connectivity index (χ4v) is 3.69. The molecule has 1 aromatic heterocycles. The van der Waals surface area contributed by atoms with Gasteiger partial charge in [-0.15, -0.1) is 0 Å². The van der Waals surface area contributed by atoms with Crippen molar-refractivity contribution in [3.8, 4) is 0 Å². The van der Waals surface area contributed by atoms with Crippen molar-refractivity contribution in [3.05, 3.63) is 18.0 Å². The molecule has 23 heavy (non-hydrogen) atoms. The van der Waals surface area contributed by atoms with Crippen LogP contribution in [0.25, 0.3) is 0 Å². The molecule has 0 saturated carbocycles. The number of hydrogen-bond donors (Lipinski definition) is 2. The van der Waals surface area contributed by atoms with Gasteiger partial charge in [0.15, 0.2) is 0 Å². The van der Waals surface area contributed by atoms with Crippen LogP contribution in [0.5, 0.6) is 0 Å². The molecule has 2 saturated heterocycles. The van der Waals surface area contributed by atoms with E-state index in [0.717, 1.165) is 37.7 Å². The van der Waals surface area contributed by atoms with Gasteiger partial charge in [-0.1, -0.05) is 6.92 Å². The molecule has 0 aliphatic carbocycles. The van der Waals surface area contributed by atoms with Gasteiger partial charge in [-0.3, -0.25) is 9.48 Å². The average molecular weight is 319 g/mol. The number of nitrogens with zero attached hydrogens (tertiary/aromatic N) is 3. The number of carbonyl (C=O) groups excluding carboxylic acids is 1. The van der Waals surface area contributed by atoms with Gasteiger partial charge in [0.25, 0.3) is 0 Å². The van der Waals surface area contributed by atoms with Crippen LogP contribution in [-0.2, 0) is 11.8 Å². The summed E-state index contributed by atoms with van der Waals surface area (Å²) in [6, 6.07) is 0. The normalized spacial score (nSPS) is 26.5. The SMILES string of the molecule is CC1CCN(CCNC(=O)[C@H]2CNC[C@@H]2c2cnn(C)c2)CC1. The number of amides is 1. The zero-order valence-electron chi connectivity index (χ0n) is 14.3. The van der Waals surface area contributed by atoms with Gasteiger partial charge >= 0.3 is 0 Å². The number of aryl methyl sites for hydroxylation is 1. The van der Waals surface area contributed by atoms with Gasteiger partial charge in [-0.25, -0.2) is 0 Å². The van der Waals surface area contributed by atoms with Crippen molar-refractivity contribution in [1.82, 2.24) is 25.3 Å². The standard InChI is InChI=1S/C17H29N5O/c1-13-3-6-22(7-4-13)8-5-19-17(23)16-11-18-10-15(16)14-9-20-21(2)12-14/h9,12-13,15-16,18H,3-8,10-11H2,1-2H3,(H,19,23)/t15-,16+/m1/s1. The lowest BCUT2D eigenvalue weighted by molar-refractivity contribution is -0.124. The Labute approximate surface area is 138 Å². The lowest BCUT2D eigenvalue weighted by Crippen LogP contribution is -2.41. The predicted molar refractivity (Wildman–Crippen MR) is 90.2 cm³/mol. The number of carbonyl (C=O) groups is 1. The predicted octanol–water partition coefficient (Wildman–Crippen LogP) is 0.571. The largest absolute Gasteiger partial charge is 0.355 e. The molecule has 6 heteroatoms. The highest BCUT2D eigenvalue weighted by molar-refractivity contribution is 5.80. The van der Waals surface area contributed by atoms with Crippen molar-refractivity contribution < 1.29 is 4.79 Å². The summed E-state index contributed by atoms with van der Waals surface area (Å²) in [6.07, 6.45) is 6.47. The van der Waals surface area contributed by atoms with Crippen LogP contribution >= 0.6 is 0 Å². The lowest BCUT2D eigenvalue weighted by Gasteiger charge is -2.30. The minimum Gasteiger partial charge on any atom is -0.355 e. The minimum absolute atomic E-state index is 0.0144. The van der Waals surface area contributed by atoms with Gasteiger partial charge < -0.3 is 15.5 Å². The van der Waals surface area contributed by atoms with Crippen molar-refractivity contribution in [2.24, 2.45) is 18.9 Å². The first-order chi connectivity index (χ1) is 11.1. The van der Waals surface area contributed by atoms with Crippen molar-refractivity contribution in [3.63, 3.8) is 0 Å². The maximum Gasteiger partial charge on any atom is 0.225 e. The molecule has 0 spiro atoms. The van der Waals surface area contributed by atoms with E-state index in [-0.39, 0.29) is 17.7 Å². The third kappa shape index (κ3) is 4.12. The summed E-state index contributed by atoms with van der Waals surface area (Å²) >= 11 is 0. The molecule has 1 aromatic rings. The first-order valence-electron chi connectivity index (χ1n) is 8.83. The van der Waals surface area contributed by atoms with Gasteiger partial charge in [0.1, 0.15) is 0 Å². The third-order valence-electron chi connectivity index (χ3n) is 5.31. The fourth-order valence-electron chi connectivity index (χ4n) is 3.69. The molecule has 2 N–H and O–H groups in total. The average Bonchev–Trinajstić information content (AvgIpc) is 3.17. The van der Waals surface area contributed by atoms with E-state index >= 15 is 0 Å². The molecule has 3 rings (SSSR count). The lowest BCUT2D eigenvalue weighted by atomic mass is 9.90. The third-order valence-corrected chi connectivity index (χ3v) is 5.31. The molecule has 0 radical (unpaired) electrons. The Hall–Kier alpha value is -1.40. The van der Waals surface area contributed by atoms with Crippen molar-refractivity contribution in [1.29, 1.82) is 0 Å². The highest BCUT2D eigenvalue weighted by Gasteiger charge is 2.34. The Morgan fingerprint density at radius 3 is 2.87 bits per heavy atom. The number of likely N-dealkylation sites (tertiary alicyclic amines) is 1. The fraction of sp³-hybridized carbons (Fsp3) is 0.765. The maximum absolute atomic E-state index is 12.5. The first-order valence-corrected chi connectivity index (χ1v) is 8.83. The maximum atomic E-state index is 12.5. The van der Waals surface area contributed by atoms with Crippen molar-refractivity contribution in [2.75, 3.05) is 39.3 Å². The summed E-state index contributed by atoms with van der Waals surface area (Å²) in [5.41, 5.74) is 1.16. The van der Waals surface area contributed by atoms with Crippen LogP contribution in [0, 0.1) is 11.8 Å². The molecule has 2 fully saturated rings. The second-order valence-corrected chi connectivity index (χ2v) is 7.13. The van der Waals surface area contributed by atoms with Gasteiger partial charge in [0.05, 0.1) is 12.1 Å². The highest BCUT2D eigenvalue weighted by Crippen LogP contribution is 2.27. The Morgan fingerprint density at radius 2 is 2.17 bits per heavy atom. The Kier molecular flexibility index (Phi) is 5.33. The molecule has 3 heterocycles. The van der Waals surface area contributed by atoms with Gasteiger partial charge in [-0.05, 0) is 37.4 Å². The quantitative estimate of drug-likeness (QED) is 0.833. The number of rotatable bonds is 5. The van der Waals surface area contributed by atoms with Crippen LogP contribution < -0.4 is 10.6 Å². The molecule has 6 nitrogen and oxygen atoms in total. The number of aromatic nitrogens is 2. The van der Waals surface area contributed by atoms with E-state index in [0.29, 0.717) is 0 Å². The van der Waals surface area contributed by atoms with Gasteiger partial charge in [0, 0.05) is 45.3 Å². The summed E-state index contributed by atoms with van der Waals surface area (Å²) in [7, 11) is 1.92. The molecule has 0 unspecified atom stereocenters. The van der Waals surface area contributed by atoms with Crippen molar-refractivity contribution in [2.45, 2.75) is 25.7 Å². The topological polar surface area (TPSA) is 62.2 Å². The van der Waals surface area contributed by atoms with Gasteiger partial charge in [-0.2, -0.15) is 5.10 Å². The molecule has 2 aliphatic rings. The van der Waals surface area contributed by atoms with E-state index in [2.05, 4.69) is 27.6 Å². The number of hydrogen-bond acceptors (Lipinski definition) is 4. The van der Waals surface area contributed by atoms with Crippen molar-refractivity contribution >= 4 is 5.91 Å².